The summed E-state index contributed by atoms with van der Waals surface area (Å²) in [7, 11) is 0. The van der Waals surface area contributed by atoms with E-state index in [-0.39, 0.29) is 28.5 Å². The number of pyridine rings is 1. The summed E-state index contributed by atoms with van der Waals surface area (Å²) in [5, 5.41) is 19.6. The number of aromatic carboxylic acids is 1. The molecule has 1 aromatic carbocycles. The Morgan fingerprint density at radius 3 is 2.48 bits per heavy atom. The Hall–Kier alpha value is -3.49. The topological polar surface area (TPSA) is 101 Å². The zero-order valence-electron chi connectivity index (χ0n) is 14.4. The Kier molecular flexibility index (Phi) is 4.76. The van der Waals surface area contributed by atoms with Crippen molar-refractivity contribution in [2.24, 2.45) is 0 Å². The quantitative estimate of drug-likeness (QED) is 0.710. The minimum Gasteiger partial charge on any atom is -0.478 e. The summed E-state index contributed by atoms with van der Waals surface area (Å²) >= 11 is 0. The van der Waals surface area contributed by atoms with Crippen LogP contribution in [0.15, 0.2) is 42.7 Å². The van der Waals surface area contributed by atoms with Crippen molar-refractivity contribution >= 4 is 11.9 Å². The molecule has 3 aromatic rings. The molecule has 9 heteroatoms. The van der Waals surface area contributed by atoms with Gasteiger partial charge in [-0.05, 0) is 44.2 Å². The third-order valence-electron chi connectivity index (χ3n) is 3.83. The van der Waals surface area contributed by atoms with Gasteiger partial charge >= 0.3 is 5.97 Å². The second-order valence-electron chi connectivity index (χ2n) is 6.25. The minimum absolute atomic E-state index is 0.0709. The lowest BCUT2D eigenvalue weighted by Crippen LogP contribution is -2.31. The summed E-state index contributed by atoms with van der Waals surface area (Å²) in [6.07, 6.45) is 2.77. The number of halogens is 2. The first kappa shape index (κ1) is 18.3. The van der Waals surface area contributed by atoms with Crippen molar-refractivity contribution < 1.29 is 18.7 Å². The van der Waals surface area contributed by atoms with Gasteiger partial charge in [0.15, 0.2) is 0 Å². The van der Waals surface area contributed by atoms with E-state index in [4.69, 9.17) is 5.11 Å². The Morgan fingerprint density at radius 1 is 1.11 bits per heavy atom. The summed E-state index contributed by atoms with van der Waals surface area (Å²) in [5.74, 6) is -2.34. The van der Waals surface area contributed by atoms with Crippen molar-refractivity contribution in [2.75, 3.05) is 5.32 Å². The number of aromatic nitrogens is 4. The van der Waals surface area contributed by atoms with Crippen LogP contribution in [0.3, 0.4) is 0 Å². The molecule has 27 heavy (non-hydrogen) atoms. The number of carbonyl (C=O) groups is 1. The molecule has 0 unspecified atom stereocenters. The molecule has 7 nitrogen and oxygen atoms in total. The van der Waals surface area contributed by atoms with E-state index in [1.165, 1.54) is 36.7 Å². The van der Waals surface area contributed by atoms with Crippen molar-refractivity contribution in [3.8, 4) is 11.3 Å². The van der Waals surface area contributed by atoms with Crippen LogP contribution < -0.4 is 5.32 Å². The van der Waals surface area contributed by atoms with Crippen molar-refractivity contribution in [1.29, 1.82) is 0 Å². The highest BCUT2D eigenvalue weighted by Crippen LogP contribution is 2.25. The van der Waals surface area contributed by atoms with E-state index in [0.717, 1.165) is 6.07 Å². The van der Waals surface area contributed by atoms with E-state index in [1.54, 1.807) is 13.8 Å². The van der Waals surface area contributed by atoms with Crippen LogP contribution in [-0.2, 0) is 5.54 Å². The molecule has 0 fully saturated rings. The van der Waals surface area contributed by atoms with E-state index < -0.39 is 23.1 Å². The molecular weight excluding hydrogens is 356 g/mol. The normalized spacial score (nSPS) is 11.3. The van der Waals surface area contributed by atoms with Gasteiger partial charge in [-0.25, -0.2) is 18.6 Å². The van der Waals surface area contributed by atoms with E-state index in [0.29, 0.717) is 0 Å². The van der Waals surface area contributed by atoms with Crippen LogP contribution in [-0.4, -0.2) is 31.2 Å². The molecule has 0 bridgehead atoms. The van der Waals surface area contributed by atoms with Gasteiger partial charge in [0.25, 0.3) is 0 Å². The highest BCUT2D eigenvalue weighted by Gasteiger charge is 2.26. The Labute approximate surface area is 153 Å². The van der Waals surface area contributed by atoms with Crippen LogP contribution in [0.5, 0.6) is 0 Å². The van der Waals surface area contributed by atoms with Crippen molar-refractivity contribution in [3.05, 3.63) is 65.6 Å². The van der Waals surface area contributed by atoms with Gasteiger partial charge in [-0.1, -0.05) is 0 Å². The SMILES string of the molecule is CC(C)(Nc1ncc(-c2ccc(C(=O)O)cc2F)nn1)c1ncccc1F. The molecule has 0 aliphatic rings. The van der Waals surface area contributed by atoms with Crippen LogP contribution in [0.25, 0.3) is 11.3 Å². The lowest BCUT2D eigenvalue weighted by Gasteiger charge is -2.25. The van der Waals surface area contributed by atoms with Gasteiger partial charge in [0.05, 0.1) is 17.3 Å². The van der Waals surface area contributed by atoms with E-state index in [1.807, 2.05) is 0 Å². The summed E-state index contributed by atoms with van der Waals surface area (Å²) < 4.78 is 28.1. The average molecular weight is 371 g/mol. The lowest BCUT2D eigenvalue weighted by molar-refractivity contribution is 0.0696. The molecule has 3 rings (SSSR count). The van der Waals surface area contributed by atoms with Crippen LogP contribution in [0.1, 0.15) is 29.9 Å². The number of benzene rings is 1. The Balaban J connectivity index is 1.84. The second kappa shape index (κ2) is 7.02. The number of anilines is 1. The average Bonchev–Trinajstić information content (AvgIpc) is 2.62. The standard InChI is InChI=1S/C18H15F2N5O2/c1-18(2,15-12(19)4-3-7-21-15)23-17-22-9-14(24-25-17)11-6-5-10(16(26)27)8-13(11)20/h3-9H,1-2H3,(H,26,27)(H,22,23,25). The molecule has 0 radical (unpaired) electrons. The predicted molar refractivity (Wildman–Crippen MR) is 93.0 cm³/mol. The molecule has 0 aliphatic heterocycles. The third-order valence-corrected chi connectivity index (χ3v) is 3.83. The summed E-state index contributed by atoms with van der Waals surface area (Å²) in [5.41, 5.74) is -0.691. The lowest BCUT2D eigenvalue weighted by atomic mass is 9.99. The molecule has 0 aliphatic carbocycles. The first-order valence-corrected chi connectivity index (χ1v) is 7.90. The van der Waals surface area contributed by atoms with Gasteiger partial charge in [0.2, 0.25) is 5.95 Å². The number of nitrogens with one attached hydrogen (secondary N) is 1. The first-order chi connectivity index (χ1) is 12.8. The second-order valence-corrected chi connectivity index (χ2v) is 6.25. The van der Waals surface area contributed by atoms with Crippen LogP contribution in [0.4, 0.5) is 14.7 Å². The van der Waals surface area contributed by atoms with Gasteiger partial charge in [0, 0.05) is 11.8 Å². The number of carboxylic acid groups (broad SMARTS) is 1. The third kappa shape index (κ3) is 3.86. The molecule has 2 N–H and O–H groups in total. The molecule has 2 heterocycles. The molecule has 2 aromatic heterocycles. The highest BCUT2D eigenvalue weighted by atomic mass is 19.1. The summed E-state index contributed by atoms with van der Waals surface area (Å²) in [4.78, 5) is 19.0. The van der Waals surface area contributed by atoms with Crippen LogP contribution in [0, 0.1) is 11.6 Å². The first-order valence-electron chi connectivity index (χ1n) is 7.90. The zero-order valence-corrected chi connectivity index (χ0v) is 14.4. The van der Waals surface area contributed by atoms with Gasteiger partial charge in [-0.15, -0.1) is 10.2 Å². The van der Waals surface area contributed by atoms with Crippen molar-refractivity contribution in [3.63, 3.8) is 0 Å². The fourth-order valence-electron chi connectivity index (χ4n) is 2.50. The van der Waals surface area contributed by atoms with Crippen molar-refractivity contribution in [1.82, 2.24) is 20.2 Å². The smallest absolute Gasteiger partial charge is 0.335 e. The molecule has 0 amide bonds. The van der Waals surface area contributed by atoms with Gasteiger partial charge < -0.3 is 10.4 Å². The summed E-state index contributed by atoms with van der Waals surface area (Å²) in [6.45, 7) is 3.42. The minimum atomic E-state index is -1.23. The number of hydrogen-bond acceptors (Lipinski definition) is 6. The Morgan fingerprint density at radius 2 is 1.89 bits per heavy atom. The fraction of sp³-hybridized carbons (Fsp3) is 0.167. The number of nitrogens with zero attached hydrogens (tertiary/aromatic N) is 4. The largest absolute Gasteiger partial charge is 0.478 e. The molecule has 138 valence electrons. The maximum atomic E-state index is 14.1. The van der Waals surface area contributed by atoms with Crippen LogP contribution in [0.2, 0.25) is 0 Å². The number of rotatable bonds is 5. The predicted octanol–water partition coefficient (Wildman–Crippen LogP) is 3.26. The zero-order chi connectivity index (χ0) is 19.6. The fourth-order valence-corrected chi connectivity index (χ4v) is 2.50. The summed E-state index contributed by atoms with van der Waals surface area (Å²) in [6, 6.07) is 6.26. The molecule has 0 spiro atoms. The molecule has 0 atom stereocenters. The maximum absolute atomic E-state index is 14.1. The van der Waals surface area contributed by atoms with Gasteiger partial charge in [-0.3, -0.25) is 4.98 Å². The molecule has 0 saturated carbocycles. The van der Waals surface area contributed by atoms with Crippen molar-refractivity contribution in [2.45, 2.75) is 19.4 Å². The number of hydrogen-bond donors (Lipinski definition) is 2. The van der Waals surface area contributed by atoms with E-state index in [2.05, 4.69) is 25.5 Å². The maximum Gasteiger partial charge on any atom is 0.335 e. The monoisotopic (exact) mass is 371 g/mol. The highest BCUT2D eigenvalue weighted by molar-refractivity contribution is 5.88. The molecule has 0 saturated heterocycles. The van der Waals surface area contributed by atoms with Gasteiger partial charge in [0.1, 0.15) is 23.0 Å². The Bertz CT molecular complexity index is 993. The number of carboxylic acids is 1. The van der Waals surface area contributed by atoms with Crippen LogP contribution >= 0.6 is 0 Å². The van der Waals surface area contributed by atoms with E-state index in [9.17, 15) is 13.6 Å². The molecular formula is C18H15F2N5O2. The van der Waals surface area contributed by atoms with Gasteiger partial charge in [-0.2, -0.15) is 0 Å². The van der Waals surface area contributed by atoms with E-state index >= 15 is 0 Å².